The third-order valence-corrected chi connectivity index (χ3v) is 18.8. The fourth-order valence-electron chi connectivity index (χ4n) is 12.5. The van der Waals surface area contributed by atoms with Crippen LogP contribution in [0.5, 0.6) is 0 Å². The molecule has 95 heavy (non-hydrogen) atoms. The molecule has 0 saturated carbocycles. The summed E-state index contributed by atoms with van der Waals surface area (Å²) >= 11 is 0. The molecule has 0 spiro atoms. The van der Waals surface area contributed by atoms with Crippen molar-refractivity contribution in [1.82, 2.24) is 60.7 Å². The van der Waals surface area contributed by atoms with E-state index < -0.39 is 68.8 Å². The maximum absolute atomic E-state index is 15.5. The highest BCUT2D eigenvalue weighted by Gasteiger charge is 2.46. The number of aryl methyl sites for hydroxylation is 1. The summed E-state index contributed by atoms with van der Waals surface area (Å²) in [7, 11) is -3.48. The standard InChI is InChI=1S/C67H80FN13O13S/c1-7-67(89)50-30-54-60-48(36-81(54)63(86)49(50)38-93-64(67)87)58-52(21-20-47-40(4)51(68)31-53(74-60)57(47)58)75-66(88)94-37-43-16-18-45(19-17-43)73-61(84)41(5)72-62(85)59(39(2)3)76-56(83)15-11-13-42-22-24-79(25-23-42)26-28-92-29-27-80-35-46(77-78-80)34-69-55(82)14-10-8-9-12-44-32-70-65(71-33-44)95(6,90)91/h16-19,30-33,35,39,41-42,52,59,89H,7-8,10-11,13-15,20-29,34,36-38H2,1-6H3,(H,69,82)(H,72,85)(H,73,84)(H,75,88)(H,76,83)/t41-,52?,59-,67-/m0/s1. The zero-order valence-electron chi connectivity index (χ0n) is 54.1. The number of esters is 1. The fraction of sp³-hybridized carbons (Fsp3) is 0.493. The summed E-state index contributed by atoms with van der Waals surface area (Å²) < 4.78 is 58.5. The van der Waals surface area contributed by atoms with Crippen LogP contribution in [0.2, 0.25) is 0 Å². The number of ether oxygens (including phenoxy) is 3. The van der Waals surface area contributed by atoms with Gasteiger partial charge in [-0.05, 0) is 131 Å². The van der Waals surface area contributed by atoms with Gasteiger partial charge in [0, 0.05) is 72.7 Å². The number of nitrogens with zero attached hydrogens (tertiary/aromatic N) is 8. The number of aliphatic hydroxyl groups is 1. The van der Waals surface area contributed by atoms with Crippen LogP contribution in [0.3, 0.4) is 0 Å². The summed E-state index contributed by atoms with van der Waals surface area (Å²) in [4.78, 5) is 108. The number of unbranched alkanes of at least 4 members (excludes halogenated alkanes) is 1. The molecule has 4 aliphatic rings. The van der Waals surface area contributed by atoms with E-state index >= 15 is 4.39 Å². The van der Waals surface area contributed by atoms with Gasteiger partial charge in [-0.3, -0.25) is 24.0 Å². The molecule has 6 N–H and O–H groups in total. The van der Waals surface area contributed by atoms with Crippen LogP contribution in [0.15, 0.2) is 64.9 Å². The van der Waals surface area contributed by atoms with Crippen molar-refractivity contribution in [3.63, 3.8) is 0 Å². The van der Waals surface area contributed by atoms with Crippen molar-refractivity contribution in [2.75, 3.05) is 44.4 Å². The Balaban J connectivity index is 0.596. The van der Waals surface area contributed by atoms with E-state index in [-0.39, 0.29) is 79.6 Å². The van der Waals surface area contributed by atoms with Crippen LogP contribution in [0, 0.1) is 36.4 Å². The smallest absolute Gasteiger partial charge is 0.407 e. The number of anilines is 1. The first-order valence-electron chi connectivity index (χ1n) is 32.2. The van der Waals surface area contributed by atoms with Gasteiger partial charge in [-0.1, -0.05) is 50.0 Å². The third kappa shape index (κ3) is 16.4. The normalized spacial score (nSPS) is 17.3. The topological polar surface area (TPSA) is 339 Å². The Morgan fingerprint density at radius 2 is 1.66 bits per heavy atom. The highest BCUT2D eigenvalue weighted by molar-refractivity contribution is 7.90. The van der Waals surface area contributed by atoms with Crippen molar-refractivity contribution in [3.05, 3.63) is 121 Å². The Hall–Kier alpha value is -9.04. The summed E-state index contributed by atoms with van der Waals surface area (Å²) in [5.74, 6) is 3.41. The van der Waals surface area contributed by atoms with Gasteiger partial charge in [-0.25, -0.2) is 42.0 Å². The van der Waals surface area contributed by atoms with Crippen LogP contribution < -0.4 is 32.1 Å². The maximum atomic E-state index is 15.5. The van der Waals surface area contributed by atoms with E-state index in [0.29, 0.717) is 119 Å². The molecule has 3 aliphatic heterocycles. The number of halogens is 1. The lowest BCUT2D eigenvalue weighted by molar-refractivity contribution is -0.172. The molecule has 10 rings (SSSR count). The first-order valence-corrected chi connectivity index (χ1v) is 34.1. The van der Waals surface area contributed by atoms with Gasteiger partial charge in [0.2, 0.25) is 38.6 Å². The lowest BCUT2D eigenvalue weighted by Gasteiger charge is -2.31. The van der Waals surface area contributed by atoms with Gasteiger partial charge in [-0.15, -0.1) is 5.10 Å². The van der Waals surface area contributed by atoms with E-state index in [1.165, 1.54) is 23.0 Å². The Morgan fingerprint density at radius 1 is 0.926 bits per heavy atom. The molecule has 1 unspecified atom stereocenters. The van der Waals surface area contributed by atoms with Crippen molar-refractivity contribution in [2.24, 2.45) is 11.8 Å². The molecule has 2 aromatic carbocycles. The van der Waals surface area contributed by atoms with Gasteiger partial charge in [0.15, 0.2) is 5.60 Å². The quantitative estimate of drug-likeness (QED) is 0.0175. The van der Waals surface area contributed by atoms with E-state index in [2.05, 4.69) is 63.6 Å². The van der Waals surface area contributed by atoms with Crippen molar-refractivity contribution >= 4 is 62.1 Å². The van der Waals surface area contributed by atoms with Crippen LogP contribution in [-0.4, -0.2) is 140 Å². The molecule has 0 radical (unpaired) electrons. The maximum Gasteiger partial charge on any atom is 0.407 e. The number of piperidine rings is 1. The molecule has 28 heteroatoms. The summed E-state index contributed by atoms with van der Waals surface area (Å²) in [6, 6.07) is 7.17. The number of hydrogen-bond donors (Lipinski definition) is 6. The average molecular weight is 1330 g/mol. The Morgan fingerprint density at radius 3 is 2.39 bits per heavy atom. The minimum Gasteiger partial charge on any atom is -0.458 e. The van der Waals surface area contributed by atoms with Crippen molar-refractivity contribution in [2.45, 2.75) is 167 Å². The molecule has 5 amide bonds. The summed E-state index contributed by atoms with van der Waals surface area (Å²) in [5, 5.41) is 34.4. The highest BCUT2D eigenvalue weighted by Crippen LogP contribution is 2.46. The van der Waals surface area contributed by atoms with Gasteiger partial charge in [0.25, 0.3) is 5.56 Å². The number of nitrogens with one attached hydrogen (secondary N) is 5. The van der Waals surface area contributed by atoms with Gasteiger partial charge in [0.1, 0.15) is 36.8 Å². The molecular formula is C67H80FN13O13S. The van der Waals surface area contributed by atoms with Gasteiger partial charge in [0.05, 0.1) is 73.1 Å². The predicted octanol–water partition coefficient (Wildman–Crippen LogP) is 5.25. The average Bonchev–Trinajstić information content (AvgIpc) is 1.62. The number of benzene rings is 2. The number of sulfone groups is 1. The van der Waals surface area contributed by atoms with Gasteiger partial charge < -0.3 is 55.4 Å². The number of amides is 5. The minimum absolute atomic E-state index is 0.0317. The van der Waals surface area contributed by atoms with E-state index in [1.54, 1.807) is 62.0 Å². The Labute approximate surface area is 549 Å². The molecule has 6 aromatic rings. The highest BCUT2D eigenvalue weighted by atomic mass is 32.2. The largest absolute Gasteiger partial charge is 0.458 e. The second kappa shape index (κ2) is 30.1. The van der Waals surface area contributed by atoms with Crippen molar-refractivity contribution < 1.29 is 60.9 Å². The molecule has 26 nitrogen and oxygen atoms in total. The zero-order chi connectivity index (χ0) is 67.7. The lowest BCUT2D eigenvalue weighted by Crippen LogP contribution is -2.53. The SMILES string of the molecule is CC[C@@]1(O)C(=O)OCc2c1cc1n(c2=O)Cc2c-1nc1cc(F)c(C)c3c1c2C(NC(=O)OCc1ccc(NC(=O)[C@H](C)NC(=O)[C@@H](NC(=O)CCCC2CCN(CCOCCn4cc(CNC(=O)CCCC#Cc5cnc(S(C)(=O)=O)nc5)nn4)CC2)C(C)C)cc1)CC3. The van der Waals surface area contributed by atoms with Gasteiger partial charge in [-0.2, -0.15) is 0 Å². The number of carbonyl (C=O) groups excluding carboxylic acids is 6. The minimum atomic E-state index is -3.48. The number of aromatic nitrogens is 7. The number of likely N-dealkylation sites (tertiary alicyclic amines) is 1. The number of carbonyl (C=O) groups is 6. The monoisotopic (exact) mass is 1330 g/mol. The van der Waals surface area contributed by atoms with E-state index in [9.17, 15) is 47.1 Å². The summed E-state index contributed by atoms with van der Waals surface area (Å²) in [5.41, 5.74) is 3.62. The van der Waals surface area contributed by atoms with Gasteiger partial charge >= 0.3 is 12.1 Å². The zero-order valence-corrected chi connectivity index (χ0v) is 55.0. The number of fused-ring (bicyclic) bond motifs is 5. The van der Waals surface area contributed by atoms with Crippen LogP contribution in [0.4, 0.5) is 14.9 Å². The number of hydrogen-bond acceptors (Lipinski definition) is 19. The van der Waals surface area contributed by atoms with Crippen molar-refractivity contribution in [1.29, 1.82) is 0 Å². The Kier molecular flexibility index (Phi) is 21.8. The molecule has 4 atom stereocenters. The Bertz CT molecular complexity index is 4140. The molecule has 7 heterocycles. The van der Waals surface area contributed by atoms with E-state index in [0.717, 1.165) is 50.7 Å². The molecular weight excluding hydrogens is 1250 g/mol. The van der Waals surface area contributed by atoms with Crippen molar-refractivity contribution in [3.8, 4) is 23.2 Å². The molecule has 4 aromatic heterocycles. The van der Waals surface area contributed by atoms with E-state index in [4.69, 9.17) is 19.2 Å². The van der Waals surface area contributed by atoms with Crippen LogP contribution in [0.25, 0.3) is 22.3 Å². The van der Waals surface area contributed by atoms with Crippen LogP contribution >= 0.6 is 0 Å². The second-order valence-electron chi connectivity index (χ2n) is 25.1. The molecule has 504 valence electrons. The summed E-state index contributed by atoms with van der Waals surface area (Å²) in [6.07, 6.45) is 10.7. The number of rotatable bonds is 26. The molecule has 0 bridgehead atoms. The van der Waals surface area contributed by atoms with Crippen LogP contribution in [0.1, 0.15) is 148 Å². The lowest BCUT2D eigenvalue weighted by atomic mass is 9.81. The first-order chi connectivity index (χ1) is 45.5. The fourth-order valence-corrected chi connectivity index (χ4v) is 13.0. The van der Waals surface area contributed by atoms with E-state index in [1.807, 2.05) is 13.8 Å². The molecule has 1 fully saturated rings. The predicted molar refractivity (Wildman–Crippen MR) is 345 cm³/mol. The third-order valence-electron chi connectivity index (χ3n) is 18.0. The first kappa shape index (κ1) is 68.8. The van der Waals surface area contributed by atoms with Crippen LogP contribution in [-0.2, 0) is 92.9 Å². The number of cyclic esters (lactones) is 1. The molecule has 1 saturated heterocycles. The number of pyridine rings is 2. The number of alkyl carbamates (subject to hydrolysis) is 1. The molecule has 1 aliphatic carbocycles. The second-order valence-corrected chi connectivity index (χ2v) is 27.0. The summed E-state index contributed by atoms with van der Waals surface area (Å²) in [6.45, 7) is 12.6.